The summed E-state index contributed by atoms with van der Waals surface area (Å²) in [6.45, 7) is 8.24. The van der Waals surface area contributed by atoms with Crippen LogP contribution in [-0.2, 0) is 9.47 Å². The zero-order valence-corrected chi connectivity index (χ0v) is 9.11. The van der Waals surface area contributed by atoms with Crippen LogP contribution in [0.15, 0.2) is 0 Å². The van der Waals surface area contributed by atoms with Crippen LogP contribution in [0, 0.1) is 0 Å². The van der Waals surface area contributed by atoms with Gasteiger partial charge in [0.05, 0.1) is 25.4 Å². The average molecular weight is 225 g/mol. The molecule has 0 saturated carbocycles. The highest BCUT2D eigenvalue weighted by Crippen LogP contribution is 2.05. The lowest BCUT2D eigenvalue weighted by atomic mass is 10.2. The molecule has 0 unspecified atom stereocenters. The van der Waals surface area contributed by atoms with Gasteiger partial charge in [-0.05, 0) is 20.8 Å². The highest BCUT2D eigenvalue weighted by Gasteiger charge is 2.08. The van der Waals surface area contributed by atoms with E-state index in [1.807, 2.05) is 20.8 Å². The number of hydrogen-bond acceptors (Lipinski definition) is 2. The zero-order valence-electron chi connectivity index (χ0n) is 7.52. The Morgan fingerprint density at radius 2 is 1.73 bits per heavy atom. The number of ether oxygens (including phenoxy) is 2. The van der Waals surface area contributed by atoms with Gasteiger partial charge in [-0.2, -0.15) is 0 Å². The molecule has 0 bridgehead atoms. The fourth-order valence-corrected chi connectivity index (χ4v) is 0.792. The van der Waals surface area contributed by atoms with Crippen molar-refractivity contribution in [3.05, 3.63) is 0 Å². The Balaban J connectivity index is 3.02. The Morgan fingerprint density at radius 3 is 2.18 bits per heavy atom. The van der Waals surface area contributed by atoms with Crippen LogP contribution in [0.1, 0.15) is 20.8 Å². The van der Waals surface area contributed by atoms with Gasteiger partial charge in [0, 0.05) is 5.33 Å². The molecule has 0 aromatic heterocycles. The number of alkyl halides is 1. The normalized spacial score (nSPS) is 12.0. The van der Waals surface area contributed by atoms with Gasteiger partial charge in [0.15, 0.2) is 0 Å². The first-order valence-corrected chi connectivity index (χ1v) is 4.96. The van der Waals surface area contributed by atoms with E-state index in [1.165, 1.54) is 0 Å². The number of halogens is 1. The van der Waals surface area contributed by atoms with E-state index >= 15 is 0 Å². The molecule has 11 heavy (non-hydrogen) atoms. The maximum absolute atomic E-state index is 5.44. The first-order valence-electron chi connectivity index (χ1n) is 3.84. The van der Waals surface area contributed by atoms with Gasteiger partial charge >= 0.3 is 0 Å². The van der Waals surface area contributed by atoms with Gasteiger partial charge in [-0.25, -0.2) is 0 Å². The van der Waals surface area contributed by atoms with Crippen molar-refractivity contribution in [2.75, 3.05) is 25.2 Å². The summed E-state index contributed by atoms with van der Waals surface area (Å²) in [6.07, 6.45) is 0. The molecule has 0 aliphatic heterocycles. The third-order valence-electron chi connectivity index (χ3n) is 0.984. The lowest BCUT2D eigenvalue weighted by Gasteiger charge is -2.19. The third kappa shape index (κ3) is 10.4. The van der Waals surface area contributed by atoms with Gasteiger partial charge in [0.2, 0.25) is 0 Å². The largest absolute Gasteiger partial charge is 0.378 e. The van der Waals surface area contributed by atoms with Gasteiger partial charge in [-0.1, -0.05) is 15.9 Å². The van der Waals surface area contributed by atoms with E-state index in [-0.39, 0.29) is 5.60 Å². The van der Waals surface area contributed by atoms with E-state index in [2.05, 4.69) is 15.9 Å². The summed E-state index contributed by atoms with van der Waals surface area (Å²) in [5.74, 6) is 0. The third-order valence-corrected chi connectivity index (χ3v) is 1.31. The summed E-state index contributed by atoms with van der Waals surface area (Å²) in [6, 6.07) is 0. The van der Waals surface area contributed by atoms with Crippen LogP contribution in [0.5, 0.6) is 0 Å². The smallest absolute Gasteiger partial charge is 0.0707 e. The Morgan fingerprint density at radius 1 is 1.09 bits per heavy atom. The molecule has 0 spiro atoms. The Kier molecular flexibility index (Phi) is 6.19. The van der Waals surface area contributed by atoms with Crippen LogP contribution in [0.4, 0.5) is 0 Å². The first-order chi connectivity index (χ1) is 5.06. The standard InChI is InChI=1S/C8H17BrO2/c1-8(2,3)11-7-6-10-5-4-9/h4-7H2,1-3H3. The van der Waals surface area contributed by atoms with E-state index in [9.17, 15) is 0 Å². The molecule has 0 fully saturated rings. The second-order valence-corrected chi connectivity index (χ2v) is 4.06. The predicted molar refractivity (Wildman–Crippen MR) is 50.3 cm³/mol. The second kappa shape index (κ2) is 5.98. The molecule has 0 rings (SSSR count). The summed E-state index contributed by atoms with van der Waals surface area (Å²) < 4.78 is 10.6. The lowest BCUT2D eigenvalue weighted by molar-refractivity contribution is -0.0327. The van der Waals surface area contributed by atoms with Crippen LogP contribution in [0.2, 0.25) is 0 Å². The van der Waals surface area contributed by atoms with Crippen LogP contribution in [-0.4, -0.2) is 30.8 Å². The van der Waals surface area contributed by atoms with Crippen LogP contribution >= 0.6 is 15.9 Å². The van der Waals surface area contributed by atoms with Crippen LogP contribution in [0.25, 0.3) is 0 Å². The van der Waals surface area contributed by atoms with E-state index in [0.717, 1.165) is 11.9 Å². The van der Waals surface area contributed by atoms with Gasteiger partial charge in [-0.15, -0.1) is 0 Å². The molecule has 68 valence electrons. The molecular formula is C8H17BrO2. The van der Waals surface area contributed by atoms with Crippen molar-refractivity contribution in [3.8, 4) is 0 Å². The fraction of sp³-hybridized carbons (Fsp3) is 1.00. The van der Waals surface area contributed by atoms with Crippen molar-refractivity contribution in [2.24, 2.45) is 0 Å². The van der Waals surface area contributed by atoms with Crippen molar-refractivity contribution >= 4 is 15.9 Å². The van der Waals surface area contributed by atoms with Gasteiger partial charge in [0.1, 0.15) is 0 Å². The van der Waals surface area contributed by atoms with E-state index in [1.54, 1.807) is 0 Å². The molecule has 0 atom stereocenters. The van der Waals surface area contributed by atoms with E-state index < -0.39 is 0 Å². The highest BCUT2D eigenvalue weighted by molar-refractivity contribution is 9.09. The van der Waals surface area contributed by atoms with Crippen molar-refractivity contribution in [1.82, 2.24) is 0 Å². The van der Waals surface area contributed by atoms with Crippen molar-refractivity contribution in [3.63, 3.8) is 0 Å². The summed E-state index contributed by atoms with van der Waals surface area (Å²) in [7, 11) is 0. The van der Waals surface area contributed by atoms with E-state index in [4.69, 9.17) is 9.47 Å². The van der Waals surface area contributed by atoms with E-state index in [0.29, 0.717) is 13.2 Å². The molecule has 0 heterocycles. The molecule has 0 radical (unpaired) electrons. The average Bonchev–Trinajstić information content (AvgIpc) is 1.85. The minimum absolute atomic E-state index is 0.0439. The molecule has 0 N–H and O–H groups in total. The van der Waals surface area contributed by atoms with Gasteiger partial charge in [-0.3, -0.25) is 0 Å². The topological polar surface area (TPSA) is 18.5 Å². The first kappa shape index (κ1) is 11.4. The Hall–Kier alpha value is 0.400. The van der Waals surface area contributed by atoms with Crippen LogP contribution < -0.4 is 0 Å². The summed E-state index contributed by atoms with van der Waals surface area (Å²) in [4.78, 5) is 0. The fourth-order valence-electron chi connectivity index (χ4n) is 0.563. The lowest BCUT2D eigenvalue weighted by Crippen LogP contribution is -2.21. The molecule has 2 nitrogen and oxygen atoms in total. The molecule has 0 amide bonds. The highest BCUT2D eigenvalue weighted by atomic mass is 79.9. The number of rotatable bonds is 5. The quantitative estimate of drug-likeness (QED) is 0.527. The molecular weight excluding hydrogens is 208 g/mol. The predicted octanol–water partition coefficient (Wildman–Crippen LogP) is 2.21. The SMILES string of the molecule is CC(C)(C)OCCOCCBr. The zero-order chi connectivity index (χ0) is 8.74. The minimum atomic E-state index is -0.0439. The van der Waals surface area contributed by atoms with Crippen molar-refractivity contribution < 1.29 is 9.47 Å². The molecule has 0 aromatic rings. The Bertz CT molecular complexity index is 88.6. The number of hydrogen-bond donors (Lipinski definition) is 0. The molecule has 0 saturated heterocycles. The summed E-state index contributed by atoms with van der Waals surface area (Å²) in [5.41, 5.74) is -0.0439. The molecule has 3 heteroatoms. The molecule has 0 aromatic carbocycles. The maximum Gasteiger partial charge on any atom is 0.0707 e. The van der Waals surface area contributed by atoms with Crippen molar-refractivity contribution in [1.29, 1.82) is 0 Å². The van der Waals surface area contributed by atoms with Gasteiger partial charge in [0.25, 0.3) is 0 Å². The maximum atomic E-state index is 5.44. The van der Waals surface area contributed by atoms with Crippen molar-refractivity contribution in [2.45, 2.75) is 26.4 Å². The summed E-state index contributed by atoms with van der Waals surface area (Å²) in [5, 5.41) is 0.891. The second-order valence-electron chi connectivity index (χ2n) is 3.26. The summed E-state index contributed by atoms with van der Waals surface area (Å²) >= 11 is 3.28. The minimum Gasteiger partial charge on any atom is -0.378 e. The molecule has 0 aliphatic rings. The monoisotopic (exact) mass is 224 g/mol. The Labute approximate surface area is 77.4 Å². The van der Waals surface area contributed by atoms with Crippen LogP contribution in [0.3, 0.4) is 0 Å². The van der Waals surface area contributed by atoms with Gasteiger partial charge < -0.3 is 9.47 Å². The molecule has 0 aliphatic carbocycles.